The lowest BCUT2D eigenvalue weighted by Gasteiger charge is -2.31. The highest BCUT2D eigenvalue weighted by atomic mass is 32.1. The highest BCUT2D eigenvalue weighted by Gasteiger charge is 2.35. The summed E-state index contributed by atoms with van der Waals surface area (Å²) in [5.41, 5.74) is 0.267. The second-order valence-corrected chi connectivity index (χ2v) is 7.06. The second kappa shape index (κ2) is 8.85. The number of benzene rings is 1. The van der Waals surface area contributed by atoms with E-state index in [9.17, 15) is 14.0 Å². The van der Waals surface area contributed by atoms with Crippen LogP contribution in [0, 0.1) is 5.82 Å². The molecule has 0 aliphatic heterocycles. The zero-order chi connectivity index (χ0) is 19.2. The Kier molecular flexibility index (Phi) is 6.28. The summed E-state index contributed by atoms with van der Waals surface area (Å²) in [4.78, 5) is 27.3. The number of rotatable bonds is 7. The predicted molar refractivity (Wildman–Crippen MR) is 101 cm³/mol. The van der Waals surface area contributed by atoms with Gasteiger partial charge in [-0.15, -0.1) is 11.7 Å². The number of hydrogen-bond acceptors (Lipinski definition) is 5. The van der Waals surface area contributed by atoms with Gasteiger partial charge in [-0.1, -0.05) is 41.6 Å². The third kappa shape index (κ3) is 4.39. The number of amides is 2. The molecule has 1 fully saturated rings. The van der Waals surface area contributed by atoms with E-state index in [0.717, 1.165) is 37.2 Å². The van der Waals surface area contributed by atoms with Gasteiger partial charge in [0.2, 0.25) is 5.91 Å². The summed E-state index contributed by atoms with van der Waals surface area (Å²) in [6.07, 6.45) is 5.39. The van der Waals surface area contributed by atoms with Crippen LogP contribution < -0.4 is 5.32 Å². The number of aromatic nitrogens is 2. The first-order valence-corrected chi connectivity index (χ1v) is 9.69. The molecule has 2 aromatic rings. The lowest BCUT2D eigenvalue weighted by molar-refractivity contribution is -0.126. The molecule has 0 saturated heterocycles. The van der Waals surface area contributed by atoms with Crippen LogP contribution in [0.1, 0.15) is 47.8 Å². The Balaban J connectivity index is 1.97. The molecule has 3 rings (SSSR count). The fourth-order valence-corrected chi connectivity index (χ4v) is 3.78. The standard InChI is InChI=1S/C19H21FN4O2S/c1-2-11-24(19(26)16-12-27-23-22-16)17(14-9-5-6-10-15(14)20)18(25)21-13-7-3-4-8-13/h2,5-6,9-10,12-13,17H,1,3-4,7-8,11H2,(H,21,25)/t17-/m0/s1. The maximum atomic E-state index is 14.6. The first kappa shape index (κ1) is 19.2. The van der Waals surface area contributed by atoms with Crippen LogP contribution in [-0.2, 0) is 4.79 Å². The van der Waals surface area contributed by atoms with Crippen molar-refractivity contribution < 1.29 is 14.0 Å². The van der Waals surface area contributed by atoms with Crippen LogP contribution >= 0.6 is 11.5 Å². The minimum Gasteiger partial charge on any atom is -0.351 e. The number of nitrogens with zero attached hydrogens (tertiary/aromatic N) is 3. The van der Waals surface area contributed by atoms with Gasteiger partial charge >= 0.3 is 0 Å². The number of nitrogens with one attached hydrogen (secondary N) is 1. The Labute approximate surface area is 161 Å². The van der Waals surface area contributed by atoms with Gasteiger partial charge < -0.3 is 10.2 Å². The molecule has 1 N–H and O–H groups in total. The SMILES string of the molecule is C=CCN(C(=O)c1csnn1)[C@H](C(=O)NC1CCCC1)c1ccccc1F. The first-order chi connectivity index (χ1) is 13.1. The molecule has 1 heterocycles. The van der Waals surface area contributed by atoms with Crippen molar-refractivity contribution in [2.45, 2.75) is 37.8 Å². The van der Waals surface area contributed by atoms with E-state index in [1.165, 1.54) is 28.5 Å². The van der Waals surface area contributed by atoms with E-state index in [2.05, 4.69) is 21.5 Å². The Hall–Kier alpha value is -2.61. The molecule has 142 valence electrons. The van der Waals surface area contributed by atoms with Gasteiger partial charge in [-0.25, -0.2) is 4.39 Å². The predicted octanol–water partition coefficient (Wildman–Crippen LogP) is 3.11. The second-order valence-electron chi connectivity index (χ2n) is 6.45. The van der Waals surface area contributed by atoms with Gasteiger partial charge in [-0.2, -0.15) is 0 Å². The summed E-state index contributed by atoms with van der Waals surface area (Å²) in [6.45, 7) is 3.75. The molecule has 1 aliphatic rings. The van der Waals surface area contributed by atoms with Crippen molar-refractivity contribution in [2.24, 2.45) is 0 Å². The molecule has 1 aromatic carbocycles. The molecule has 0 spiro atoms. The third-order valence-electron chi connectivity index (χ3n) is 4.63. The molecular weight excluding hydrogens is 367 g/mol. The molecule has 0 bridgehead atoms. The van der Waals surface area contributed by atoms with E-state index >= 15 is 0 Å². The molecule has 2 amide bonds. The largest absolute Gasteiger partial charge is 0.351 e. The Morgan fingerprint density at radius 3 is 2.74 bits per heavy atom. The molecule has 8 heteroatoms. The summed E-state index contributed by atoms with van der Waals surface area (Å²) in [6, 6.07) is 4.94. The minimum atomic E-state index is -1.11. The average Bonchev–Trinajstić information content (AvgIpc) is 3.36. The lowest BCUT2D eigenvalue weighted by atomic mass is 10.0. The molecule has 6 nitrogen and oxygen atoms in total. The van der Waals surface area contributed by atoms with Gasteiger partial charge in [0.25, 0.3) is 5.91 Å². The van der Waals surface area contributed by atoms with Crippen molar-refractivity contribution in [3.05, 3.63) is 59.4 Å². The van der Waals surface area contributed by atoms with Crippen LogP contribution in [0.25, 0.3) is 0 Å². The van der Waals surface area contributed by atoms with E-state index in [4.69, 9.17) is 0 Å². The minimum absolute atomic E-state index is 0.0494. The maximum Gasteiger partial charge on any atom is 0.276 e. The number of hydrogen-bond donors (Lipinski definition) is 1. The monoisotopic (exact) mass is 388 g/mol. The zero-order valence-electron chi connectivity index (χ0n) is 14.8. The fourth-order valence-electron chi connectivity index (χ4n) is 3.35. The summed E-state index contributed by atoms with van der Waals surface area (Å²) in [5.74, 6) is -1.42. The summed E-state index contributed by atoms with van der Waals surface area (Å²) in [7, 11) is 0. The van der Waals surface area contributed by atoms with Crippen molar-refractivity contribution in [1.29, 1.82) is 0 Å². The van der Waals surface area contributed by atoms with Gasteiger partial charge in [0.15, 0.2) is 5.69 Å². The van der Waals surface area contributed by atoms with Gasteiger partial charge in [0.1, 0.15) is 11.9 Å². The number of carbonyl (C=O) groups excluding carboxylic acids is 2. The molecule has 0 radical (unpaired) electrons. The van der Waals surface area contributed by atoms with Crippen LogP contribution in [0.5, 0.6) is 0 Å². The molecule has 27 heavy (non-hydrogen) atoms. The van der Waals surface area contributed by atoms with Crippen LogP contribution in [0.4, 0.5) is 4.39 Å². The van der Waals surface area contributed by atoms with Gasteiger partial charge in [0, 0.05) is 23.5 Å². The lowest BCUT2D eigenvalue weighted by Crippen LogP contribution is -2.46. The van der Waals surface area contributed by atoms with E-state index in [1.54, 1.807) is 12.1 Å². The molecule has 1 saturated carbocycles. The van der Waals surface area contributed by atoms with Crippen molar-refractivity contribution >= 4 is 23.3 Å². The van der Waals surface area contributed by atoms with E-state index in [0.29, 0.717) is 0 Å². The number of halogens is 1. The molecular formula is C19H21FN4O2S. The quantitative estimate of drug-likeness (QED) is 0.740. The molecule has 1 aromatic heterocycles. The summed E-state index contributed by atoms with van der Waals surface area (Å²) in [5, 5.41) is 8.28. The smallest absolute Gasteiger partial charge is 0.276 e. The van der Waals surface area contributed by atoms with Crippen LogP contribution in [0.3, 0.4) is 0 Å². The maximum absolute atomic E-state index is 14.6. The van der Waals surface area contributed by atoms with Crippen LogP contribution in [0.15, 0.2) is 42.3 Å². The highest BCUT2D eigenvalue weighted by Crippen LogP contribution is 2.27. The van der Waals surface area contributed by atoms with Crippen molar-refractivity contribution in [3.63, 3.8) is 0 Å². The fraction of sp³-hybridized carbons (Fsp3) is 0.368. The van der Waals surface area contributed by atoms with Gasteiger partial charge in [-0.3, -0.25) is 9.59 Å². The first-order valence-electron chi connectivity index (χ1n) is 8.85. The average molecular weight is 388 g/mol. The molecule has 1 atom stereocenters. The third-order valence-corrected chi connectivity index (χ3v) is 5.13. The van der Waals surface area contributed by atoms with Crippen LogP contribution in [-0.4, -0.2) is 38.9 Å². The van der Waals surface area contributed by atoms with E-state index in [1.807, 2.05) is 0 Å². The Bertz CT molecular complexity index is 806. The zero-order valence-corrected chi connectivity index (χ0v) is 15.6. The van der Waals surface area contributed by atoms with Crippen LogP contribution in [0.2, 0.25) is 0 Å². The normalized spacial score (nSPS) is 15.3. The highest BCUT2D eigenvalue weighted by molar-refractivity contribution is 7.03. The van der Waals surface area contributed by atoms with Gasteiger partial charge in [0.05, 0.1) is 0 Å². The Morgan fingerprint density at radius 1 is 1.37 bits per heavy atom. The van der Waals surface area contributed by atoms with Crippen molar-refractivity contribution in [1.82, 2.24) is 19.8 Å². The molecule has 1 aliphatic carbocycles. The summed E-state index contributed by atoms with van der Waals surface area (Å²) >= 11 is 1.04. The van der Waals surface area contributed by atoms with E-state index in [-0.39, 0.29) is 23.8 Å². The number of carbonyl (C=O) groups is 2. The van der Waals surface area contributed by atoms with Gasteiger partial charge in [-0.05, 0) is 30.4 Å². The van der Waals surface area contributed by atoms with E-state index < -0.39 is 23.7 Å². The molecule has 0 unspecified atom stereocenters. The van der Waals surface area contributed by atoms with Crippen molar-refractivity contribution in [3.8, 4) is 0 Å². The Morgan fingerprint density at radius 2 is 2.11 bits per heavy atom. The summed E-state index contributed by atoms with van der Waals surface area (Å²) < 4.78 is 18.3. The van der Waals surface area contributed by atoms with Crippen molar-refractivity contribution in [2.75, 3.05) is 6.54 Å². The topological polar surface area (TPSA) is 75.2 Å².